The van der Waals surface area contributed by atoms with Gasteiger partial charge in [-0.3, -0.25) is 0 Å². The molecule has 13 heavy (non-hydrogen) atoms. The van der Waals surface area contributed by atoms with Crippen LogP contribution in [0, 0.1) is 7.43 Å². The third-order valence-corrected chi connectivity index (χ3v) is 1.25. The first-order valence-corrected chi connectivity index (χ1v) is 3.97. The summed E-state index contributed by atoms with van der Waals surface area (Å²) in [5.74, 6) is 0. The SMILES string of the molecule is CC.CCc1ccccc1.[CH3-].[Y].[Y]. The number of rotatable bonds is 1. The van der Waals surface area contributed by atoms with Crippen molar-refractivity contribution in [1.82, 2.24) is 0 Å². The minimum absolute atomic E-state index is 0. The van der Waals surface area contributed by atoms with E-state index in [0.29, 0.717) is 0 Å². The van der Waals surface area contributed by atoms with Crippen molar-refractivity contribution in [3.8, 4) is 0 Å². The van der Waals surface area contributed by atoms with Crippen LogP contribution in [0.5, 0.6) is 0 Å². The van der Waals surface area contributed by atoms with Gasteiger partial charge in [-0.05, 0) is 12.0 Å². The molecule has 0 nitrogen and oxygen atoms in total. The minimum Gasteiger partial charge on any atom is -0.358 e. The first-order chi connectivity index (χ1) is 4.93. The Hall–Kier alpha value is 1.43. The minimum atomic E-state index is 0. The molecule has 1 aromatic carbocycles. The first kappa shape index (κ1) is 23.9. The van der Waals surface area contributed by atoms with Gasteiger partial charge in [-0.15, -0.1) is 0 Å². The van der Waals surface area contributed by atoms with Gasteiger partial charge in [0, 0.05) is 65.4 Å². The monoisotopic (exact) mass is 329 g/mol. The van der Waals surface area contributed by atoms with E-state index >= 15 is 0 Å². The van der Waals surface area contributed by atoms with Crippen LogP contribution in [-0.2, 0) is 71.8 Å². The van der Waals surface area contributed by atoms with E-state index < -0.39 is 0 Å². The van der Waals surface area contributed by atoms with Crippen LogP contribution < -0.4 is 0 Å². The van der Waals surface area contributed by atoms with E-state index in [1.807, 2.05) is 19.9 Å². The van der Waals surface area contributed by atoms with Crippen LogP contribution >= 0.6 is 0 Å². The van der Waals surface area contributed by atoms with Crippen molar-refractivity contribution in [2.45, 2.75) is 27.2 Å². The molecule has 0 aliphatic carbocycles. The molecule has 0 bridgehead atoms. The molecular formula is C11H19Y2-. The summed E-state index contributed by atoms with van der Waals surface area (Å²) in [6, 6.07) is 10.5. The largest absolute Gasteiger partial charge is 0.358 e. The molecule has 0 saturated heterocycles. The topological polar surface area (TPSA) is 0 Å². The zero-order valence-corrected chi connectivity index (χ0v) is 14.9. The van der Waals surface area contributed by atoms with E-state index in [0.717, 1.165) is 6.42 Å². The molecule has 0 spiro atoms. The van der Waals surface area contributed by atoms with Crippen molar-refractivity contribution in [3.05, 3.63) is 43.3 Å². The van der Waals surface area contributed by atoms with Crippen LogP contribution in [0.15, 0.2) is 30.3 Å². The fourth-order valence-electron chi connectivity index (χ4n) is 0.714. The van der Waals surface area contributed by atoms with E-state index in [2.05, 4.69) is 31.2 Å². The predicted octanol–water partition coefficient (Wildman–Crippen LogP) is 3.72. The Kier molecular flexibility index (Phi) is 35.1. The second-order valence-corrected chi connectivity index (χ2v) is 1.84. The van der Waals surface area contributed by atoms with Gasteiger partial charge in [0.25, 0.3) is 0 Å². The van der Waals surface area contributed by atoms with Gasteiger partial charge < -0.3 is 7.43 Å². The average molecular weight is 329 g/mol. The maximum absolute atomic E-state index is 2.16. The number of aryl methyl sites for hydroxylation is 1. The summed E-state index contributed by atoms with van der Waals surface area (Å²) in [7, 11) is 0. The van der Waals surface area contributed by atoms with Crippen LogP contribution in [0.2, 0.25) is 0 Å². The van der Waals surface area contributed by atoms with E-state index in [4.69, 9.17) is 0 Å². The van der Waals surface area contributed by atoms with Crippen LogP contribution in [0.25, 0.3) is 0 Å². The number of hydrogen-bond acceptors (Lipinski definition) is 0. The van der Waals surface area contributed by atoms with Gasteiger partial charge in [0.05, 0.1) is 0 Å². The standard InChI is InChI=1S/C8H10.C2H6.CH3.2Y/c1-2-8-6-4-3-5-7-8;1-2;;;/h3-7H,2H2,1H3;1-2H3;1H3;;/q;;-1;;. The molecule has 70 valence electrons. The summed E-state index contributed by atoms with van der Waals surface area (Å²) in [5.41, 5.74) is 1.41. The smallest absolute Gasteiger partial charge is 0 e. The third-order valence-electron chi connectivity index (χ3n) is 1.25. The van der Waals surface area contributed by atoms with E-state index in [1.165, 1.54) is 5.56 Å². The summed E-state index contributed by atoms with van der Waals surface area (Å²) >= 11 is 0. The summed E-state index contributed by atoms with van der Waals surface area (Å²) in [6.07, 6.45) is 1.14. The quantitative estimate of drug-likeness (QED) is 0.689. The predicted molar refractivity (Wildman–Crippen MR) is 53.6 cm³/mol. The molecule has 2 heteroatoms. The molecule has 0 amide bonds. The van der Waals surface area contributed by atoms with Crippen molar-refractivity contribution >= 4 is 0 Å². The van der Waals surface area contributed by atoms with Gasteiger partial charge in [0.1, 0.15) is 0 Å². The second-order valence-electron chi connectivity index (χ2n) is 1.84. The Morgan fingerprint density at radius 2 is 1.31 bits per heavy atom. The van der Waals surface area contributed by atoms with Crippen LogP contribution in [-0.4, -0.2) is 0 Å². The molecule has 0 unspecified atom stereocenters. The molecule has 0 heterocycles. The number of hydrogen-bond donors (Lipinski definition) is 0. The van der Waals surface area contributed by atoms with E-state index in [9.17, 15) is 0 Å². The number of benzene rings is 1. The van der Waals surface area contributed by atoms with Crippen LogP contribution in [0.3, 0.4) is 0 Å². The van der Waals surface area contributed by atoms with Crippen molar-refractivity contribution < 1.29 is 65.4 Å². The molecule has 2 radical (unpaired) electrons. The Labute approximate surface area is 134 Å². The Morgan fingerprint density at radius 3 is 1.54 bits per heavy atom. The molecule has 0 fully saturated rings. The van der Waals surface area contributed by atoms with Gasteiger partial charge in [-0.1, -0.05) is 51.1 Å². The van der Waals surface area contributed by atoms with Gasteiger partial charge >= 0.3 is 0 Å². The summed E-state index contributed by atoms with van der Waals surface area (Å²) < 4.78 is 0. The summed E-state index contributed by atoms with van der Waals surface area (Å²) in [5, 5.41) is 0. The Balaban J connectivity index is -0.0000000761. The van der Waals surface area contributed by atoms with E-state index in [-0.39, 0.29) is 72.8 Å². The summed E-state index contributed by atoms with van der Waals surface area (Å²) in [4.78, 5) is 0. The van der Waals surface area contributed by atoms with Gasteiger partial charge in [-0.2, -0.15) is 0 Å². The molecule has 1 rings (SSSR count). The summed E-state index contributed by atoms with van der Waals surface area (Å²) in [6.45, 7) is 6.16. The first-order valence-electron chi connectivity index (χ1n) is 3.97. The molecule has 0 aliphatic heterocycles. The average Bonchev–Trinajstić information content (AvgIpc) is 2.10. The Bertz CT molecular complexity index is 149. The van der Waals surface area contributed by atoms with Gasteiger partial charge in [0.15, 0.2) is 0 Å². The van der Waals surface area contributed by atoms with E-state index in [1.54, 1.807) is 0 Å². The zero-order chi connectivity index (χ0) is 7.82. The fraction of sp³-hybridized carbons (Fsp3) is 0.364. The molecule has 0 atom stereocenters. The second kappa shape index (κ2) is 19.1. The molecule has 0 N–H and O–H groups in total. The normalized spacial score (nSPS) is 6.08. The van der Waals surface area contributed by atoms with Crippen molar-refractivity contribution in [1.29, 1.82) is 0 Å². The zero-order valence-electron chi connectivity index (χ0n) is 9.25. The van der Waals surface area contributed by atoms with Crippen molar-refractivity contribution in [2.75, 3.05) is 0 Å². The van der Waals surface area contributed by atoms with Gasteiger partial charge in [-0.25, -0.2) is 0 Å². The molecular weight excluding hydrogens is 310 g/mol. The van der Waals surface area contributed by atoms with Crippen LogP contribution in [0.1, 0.15) is 26.3 Å². The molecule has 1 aromatic rings. The third kappa shape index (κ3) is 13.4. The maximum atomic E-state index is 2.16. The molecule has 0 aromatic heterocycles. The van der Waals surface area contributed by atoms with Crippen molar-refractivity contribution in [3.63, 3.8) is 0 Å². The molecule has 0 aliphatic rings. The Morgan fingerprint density at radius 1 is 0.923 bits per heavy atom. The van der Waals surface area contributed by atoms with Crippen LogP contribution in [0.4, 0.5) is 0 Å². The molecule has 0 saturated carbocycles. The van der Waals surface area contributed by atoms with Crippen molar-refractivity contribution in [2.24, 2.45) is 0 Å². The maximum Gasteiger partial charge on any atom is 0 e. The fourth-order valence-corrected chi connectivity index (χ4v) is 0.714. The van der Waals surface area contributed by atoms with Gasteiger partial charge in [0.2, 0.25) is 0 Å².